The van der Waals surface area contributed by atoms with Crippen LogP contribution in [-0.4, -0.2) is 48.1 Å². The normalized spacial score (nSPS) is 16.6. The van der Waals surface area contributed by atoms with Gasteiger partial charge in [0, 0.05) is 25.8 Å². The number of hydrogen-bond donors (Lipinski definition) is 1. The predicted molar refractivity (Wildman–Crippen MR) is 150 cm³/mol. The first-order valence-electron chi connectivity index (χ1n) is 13.1. The maximum atomic E-state index is 13.3. The van der Waals surface area contributed by atoms with E-state index in [0.717, 1.165) is 11.1 Å². The zero-order chi connectivity index (χ0) is 27.9. The van der Waals surface area contributed by atoms with Gasteiger partial charge in [0.2, 0.25) is 0 Å². The molecule has 1 N–H and O–H groups in total. The summed E-state index contributed by atoms with van der Waals surface area (Å²) in [6.07, 6.45) is 0.543. The minimum atomic E-state index is -0.769. The van der Waals surface area contributed by atoms with Crippen molar-refractivity contribution in [2.24, 2.45) is 0 Å². The van der Waals surface area contributed by atoms with Gasteiger partial charge in [-0.2, -0.15) is 0 Å². The number of Topliss-reactive ketones (excluding diaryl/α,β-unsaturated/α-hetero) is 1. The van der Waals surface area contributed by atoms with Gasteiger partial charge in [-0.3, -0.25) is 9.59 Å². The van der Waals surface area contributed by atoms with Gasteiger partial charge in [0.25, 0.3) is 11.7 Å². The molecule has 1 fully saturated rings. The summed E-state index contributed by atoms with van der Waals surface area (Å²) in [7, 11) is 1.59. The van der Waals surface area contributed by atoms with Crippen molar-refractivity contribution >= 4 is 17.4 Å². The Morgan fingerprint density at radius 3 is 2.46 bits per heavy atom. The molecule has 0 radical (unpaired) electrons. The van der Waals surface area contributed by atoms with Crippen LogP contribution in [0.25, 0.3) is 5.76 Å². The quantitative estimate of drug-likeness (QED) is 0.146. The summed E-state index contributed by atoms with van der Waals surface area (Å²) in [6, 6.07) is 21.6. The molecule has 7 nitrogen and oxygen atoms in total. The van der Waals surface area contributed by atoms with Crippen LogP contribution in [0.4, 0.5) is 0 Å². The highest BCUT2D eigenvalue weighted by atomic mass is 16.5. The van der Waals surface area contributed by atoms with Gasteiger partial charge in [0.05, 0.1) is 17.7 Å². The molecule has 204 valence electrons. The molecule has 1 atom stereocenters. The van der Waals surface area contributed by atoms with Crippen molar-refractivity contribution < 1.29 is 28.9 Å². The second-order valence-electron chi connectivity index (χ2n) is 9.83. The van der Waals surface area contributed by atoms with Crippen LogP contribution in [0.1, 0.15) is 48.6 Å². The summed E-state index contributed by atoms with van der Waals surface area (Å²) < 4.78 is 17.0. The maximum Gasteiger partial charge on any atom is 0.295 e. The summed E-state index contributed by atoms with van der Waals surface area (Å²) in [5.74, 6) is -0.288. The fourth-order valence-corrected chi connectivity index (χ4v) is 4.69. The number of carbonyl (C=O) groups is 2. The highest BCUT2D eigenvalue weighted by molar-refractivity contribution is 6.46. The number of methoxy groups -OCH3 is 1. The Labute approximate surface area is 229 Å². The van der Waals surface area contributed by atoms with E-state index in [4.69, 9.17) is 14.2 Å². The van der Waals surface area contributed by atoms with Crippen LogP contribution in [-0.2, 0) is 20.9 Å². The Balaban J connectivity index is 1.73. The lowest BCUT2D eigenvalue weighted by Crippen LogP contribution is -2.31. The highest BCUT2D eigenvalue weighted by Crippen LogP contribution is 2.41. The Hall–Kier alpha value is -4.10. The van der Waals surface area contributed by atoms with Crippen LogP contribution in [0.15, 0.2) is 78.4 Å². The van der Waals surface area contributed by atoms with Gasteiger partial charge >= 0.3 is 0 Å². The first-order chi connectivity index (χ1) is 18.8. The number of aliphatic hydroxyl groups is 1. The molecule has 1 aliphatic heterocycles. The van der Waals surface area contributed by atoms with Gasteiger partial charge < -0.3 is 24.2 Å². The van der Waals surface area contributed by atoms with Crippen molar-refractivity contribution in [3.05, 3.63) is 101 Å². The molecule has 3 aromatic rings. The first kappa shape index (κ1) is 27.9. The standard InChI is InChI=1S/C32H35NO6/c1-21(2)39-27-15-14-25(18-22(27)3)30(34)28-29(33(16-9-17-37-4)32(36)31(28)35)24-12-8-13-26(19-24)38-20-23-10-6-5-7-11-23/h5-8,10-15,18-19,21,29,34H,9,16-17,20H2,1-4H3/b30-28+. The zero-order valence-corrected chi connectivity index (χ0v) is 22.8. The minimum Gasteiger partial charge on any atom is -0.507 e. The molecule has 1 unspecified atom stereocenters. The molecule has 0 bridgehead atoms. The molecule has 1 saturated heterocycles. The number of ketones is 1. The number of hydrogen-bond acceptors (Lipinski definition) is 6. The lowest BCUT2D eigenvalue weighted by molar-refractivity contribution is -0.140. The van der Waals surface area contributed by atoms with E-state index in [0.29, 0.717) is 48.8 Å². The van der Waals surface area contributed by atoms with Crippen molar-refractivity contribution in [3.63, 3.8) is 0 Å². The summed E-state index contributed by atoms with van der Waals surface area (Å²) in [5.41, 5.74) is 3.01. The van der Waals surface area contributed by atoms with Crippen molar-refractivity contribution in [2.45, 2.75) is 45.9 Å². The van der Waals surface area contributed by atoms with Crippen LogP contribution in [0.2, 0.25) is 0 Å². The fraction of sp³-hybridized carbons (Fsp3) is 0.312. The van der Waals surface area contributed by atoms with E-state index in [1.165, 1.54) is 4.90 Å². The zero-order valence-electron chi connectivity index (χ0n) is 22.8. The molecule has 1 heterocycles. The molecule has 39 heavy (non-hydrogen) atoms. The van der Waals surface area contributed by atoms with E-state index in [1.807, 2.05) is 75.4 Å². The molecule has 0 spiro atoms. The van der Waals surface area contributed by atoms with Gasteiger partial charge in [0.15, 0.2) is 0 Å². The number of nitrogens with zero attached hydrogens (tertiary/aromatic N) is 1. The van der Waals surface area contributed by atoms with Gasteiger partial charge in [-0.15, -0.1) is 0 Å². The summed E-state index contributed by atoms with van der Waals surface area (Å²) in [4.78, 5) is 28.1. The predicted octanol–water partition coefficient (Wildman–Crippen LogP) is 5.82. The van der Waals surface area contributed by atoms with Crippen molar-refractivity contribution in [1.29, 1.82) is 0 Å². The van der Waals surface area contributed by atoms with Crippen LogP contribution in [0, 0.1) is 6.92 Å². The molecule has 0 aromatic heterocycles. The van der Waals surface area contributed by atoms with E-state index in [2.05, 4.69) is 0 Å². The first-order valence-corrected chi connectivity index (χ1v) is 13.1. The average Bonchev–Trinajstić information content (AvgIpc) is 3.18. The van der Waals surface area contributed by atoms with Crippen LogP contribution < -0.4 is 9.47 Å². The van der Waals surface area contributed by atoms with Crippen LogP contribution in [0.5, 0.6) is 11.5 Å². The maximum absolute atomic E-state index is 13.3. The molecule has 4 rings (SSSR count). The molecular weight excluding hydrogens is 494 g/mol. The van der Waals surface area contributed by atoms with Crippen molar-refractivity contribution in [1.82, 2.24) is 4.90 Å². The van der Waals surface area contributed by atoms with Crippen LogP contribution in [0.3, 0.4) is 0 Å². The van der Waals surface area contributed by atoms with Crippen LogP contribution >= 0.6 is 0 Å². The number of rotatable bonds is 11. The lowest BCUT2D eigenvalue weighted by atomic mass is 9.94. The molecule has 0 aliphatic carbocycles. The van der Waals surface area contributed by atoms with E-state index in [9.17, 15) is 14.7 Å². The summed E-state index contributed by atoms with van der Waals surface area (Å²) >= 11 is 0. The van der Waals surface area contributed by atoms with E-state index in [-0.39, 0.29) is 17.4 Å². The monoisotopic (exact) mass is 529 g/mol. The Morgan fingerprint density at radius 1 is 1.00 bits per heavy atom. The van der Waals surface area contributed by atoms with E-state index >= 15 is 0 Å². The third-order valence-corrected chi connectivity index (χ3v) is 6.52. The number of amides is 1. The Kier molecular flexibility index (Phi) is 9.04. The van der Waals surface area contributed by atoms with Gasteiger partial charge in [-0.1, -0.05) is 42.5 Å². The highest BCUT2D eigenvalue weighted by Gasteiger charge is 2.46. The minimum absolute atomic E-state index is 0.00282. The van der Waals surface area contributed by atoms with Gasteiger partial charge in [-0.05, 0) is 74.2 Å². The number of aryl methyl sites for hydroxylation is 1. The largest absolute Gasteiger partial charge is 0.507 e. The molecule has 1 aliphatic rings. The summed E-state index contributed by atoms with van der Waals surface area (Å²) in [6.45, 7) is 6.87. The van der Waals surface area contributed by atoms with Crippen molar-refractivity contribution in [2.75, 3.05) is 20.3 Å². The molecule has 3 aromatic carbocycles. The van der Waals surface area contributed by atoms with Crippen molar-refractivity contribution in [3.8, 4) is 11.5 Å². The molecule has 0 saturated carbocycles. The Morgan fingerprint density at radius 2 is 1.77 bits per heavy atom. The second-order valence-corrected chi connectivity index (χ2v) is 9.83. The fourth-order valence-electron chi connectivity index (χ4n) is 4.69. The van der Waals surface area contributed by atoms with Gasteiger partial charge in [-0.25, -0.2) is 0 Å². The number of aliphatic hydroxyl groups excluding tert-OH is 1. The average molecular weight is 530 g/mol. The SMILES string of the molecule is COCCCN1C(=O)C(=O)/C(=C(/O)c2ccc(OC(C)C)c(C)c2)C1c1cccc(OCc2ccccc2)c1. The molecule has 7 heteroatoms. The van der Waals surface area contributed by atoms with E-state index < -0.39 is 17.7 Å². The number of likely N-dealkylation sites (tertiary alicyclic amines) is 1. The number of carbonyl (C=O) groups excluding carboxylic acids is 2. The third-order valence-electron chi connectivity index (χ3n) is 6.52. The third kappa shape index (κ3) is 6.49. The summed E-state index contributed by atoms with van der Waals surface area (Å²) in [5, 5.41) is 11.4. The number of ether oxygens (including phenoxy) is 3. The topological polar surface area (TPSA) is 85.3 Å². The molecule has 1 amide bonds. The molecular formula is C32H35NO6. The Bertz CT molecular complexity index is 1350. The van der Waals surface area contributed by atoms with Gasteiger partial charge in [0.1, 0.15) is 23.9 Å². The lowest BCUT2D eigenvalue weighted by Gasteiger charge is -2.25. The second kappa shape index (κ2) is 12.6. The smallest absolute Gasteiger partial charge is 0.295 e. The number of benzene rings is 3. The van der Waals surface area contributed by atoms with E-state index in [1.54, 1.807) is 25.3 Å².